The van der Waals surface area contributed by atoms with Gasteiger partial charge in [-0.2, -0.15) is 0 Å². The normalized spacial score (nSPS) is 24.4. The summed E-state index contributed by atoms with van der Waals surface area (Å²) in [6.45, 7) is 4.21. The van der Waals surface area contributed by atoms with E-state index in [2.05, 4.69) is 27.8 Å². The van der Waals surface area contributed by atoms with E-state index in [-0.39, 0.29) is 17.2 Å². The molecule has 0 bridgehead atoms. The number of amides is 1. The van der Waals surface area contributed by atoms with Gasteiger partial charge in [0, 0.05) is 12.3 Å². The Morgan fingerprint density at radius 2 is 2.26 bits per heavy atom. The van der Waals surface area contributed by atoms with Crippen molar-refractivity contribution in [2.75, 3.05) is 18.4 Å². The Bertz CT molecular complexity index is 467. The third-order valence-electron chi connectivity index (χ3n) is 4.27. The zero-order chi connectivity index (χ0) is 13.3. The van der Waals surface area contributed by atoms with Crippen molar-refractivity contribution < 1.29 is 4.79 Å². The second-order valence-corrected chi connectivity index (χ2v) is 6.67. The van der Waals surface area contributed by atoms with Crippen LogP contribution in [0, 0.1) is 11.3 Å². The lowest BCUT2D eigenvalue weighted by Gasteiger charge is -2.22. The number of carbonyl (C=O) groups excluding carboxylic acids is 1. The third kappa shape index (κ3) is 2.65. The largest absolute Gasteiger partial charge is 0.317 e. The van der Waals surface area contributed by atoms with Gasteiger partial charge in [0.1, 0.15) is 5.01 Å². The molecule has 2 heterocycles. The summed E-state index contributed by atoms with van der Waals surface area (Å²) in [5.41, 5.74) is 0.284. The summed E-state index contributed by atoms with van der Waals surface area (Å²) in [6.07, 6.45) is 5.29. The summed E-state index contributed by atoms with van der Waals surface area (Å²) in [5, 5.41) is 16.1. The molecule has 1 aliphatic heterocycles. The van der Waals surface area contributed by atoms with Crippen LogP contribution in [0.25, 0.3) is 0 Å². The molecule has 6 heteroatoms. The van der Waals surface area contributed by atoms with Crippen LogP contribution in [0.2, 0.25) is 0 Å². The van der Waals surface area contributed by atoms with E-state index in [9.17, 15) is 4.79 Å². The van der Waals surface area contributed by atoms with E-state index in [1.54, 1.807) is 0 Å². The van der Waals surface area contributed by atoms with Gasteiger partial charge in [0.2, 0.25) is 11.0 Å². The molecule has 1 spiro atoms. The quantitative estimate of drug-likeness (QED) is 0.883. The lowest BCUT2D eigenvalue weighted by atomic mass is 9.92. The van der Waals surface area contributed by atoms with Crippen LogP contribution in [0.1, 0.15) is 37.6 Å². The number of rotatable bonds is 4. The van der Waals surface area contributed by atoms with Crippen molar-refractivity contribution in [2.24, 2.45) is 11.3 Å². The van der Waals surface area contributed by atoms with Crippen molar-refractivity contribution in [3.8, 4) is 0 Å². The fourth-order valence-corrected chi connectivity index (χ4v) is 3.85. The average Bonchev–Trinajstić information content (AvgIpc) is 2.91. The van der Waals surface area contributed by atoms with Gasteiger partial charge in [-0.3, -0.25) is 4.79 Å². The van der Waals surface area contributed by atoms with Crippen molar-refractivity contribution in [1.82, 2.24) is 15.5 Å². The first-order valence-electron chi connectivity index (χ1n) is 7.07. The summed E-state index contributed by atoms with van der Waals surface area (Å²) in [6, 6.07) is 0. The molecule has 1 aromatic rings. The number of nitrogens with zero attached hydrogens (tertiary/aromatic N) is 2. The van der Waals surface area contributed by atoms with Crippen molar-refractivity contribution in [2.45, 2.75) is 39.0 Å². The van der Waals surface area contributed by atoms with Gasteiger partial charge in [-0.05, 0) is 44.2 Å². The first-order chi connectivity index (χ1) is 9.23. The number of anilines is 1. The van der Waals surface area contributed by atoms with Gasteiger partial charge in [-0.1, -0.05) is 18.3 Å². The molecule has 1 amide bonds. The van der Waals surface area contributed by atoms with Gasteiger partial charge in [0.25, 0.3) is 0 Å². The molecule has 1 aliphatic carbocycles. The molecule has 1 saturated heterocycles. The molecular formula is C13H20N4OS. The number of hydrogen-bond donors (Lipinski definition) is 2. The monoisotopic (exact) mass is 280 g/mol. The predicted molar refractivity (Wildman–Crippen MR) is 75.2 cm³/mol. The molecule has 5 nitrogen and oxygen atoms in total. The molecule has 2 N–H and O–H groups in total. The fraction of sp³-hybridized carbons (Fsp3) is 0.769. The van der Waals surface area contributed by atoms with Crippen LogP contribution in [0.5, 0.6) is 0 Å². The van der Waals surface area contributed by atoms with E-state index >= 15 is 0 Å². The minimum absolute atomic E-state index is 0.140. The Morgan fingerprint density at radius 3 is 3.00 bits per heavy atom. The maximum absolute atomic E-state index is 12.2. The first-order valence-corrected chi connectivity index (χ1v) is 7.89. The number of aromatic nitrogens is 2. The summed E-state index contributed by atoms with van der Waals surface area (Å²) in [5.74, 6) is 0.328. The van der Waals surface area contributed by atoms with Crippen LogP contribution in [0.4, 0.5) is 5.13 Å². The Balaban J connectivity index is 1.56. The Kier molecular flexibility index (Phi) is 3.54. The smallest absolute Gasteiger partial charge is 0.229 e. The van der Waals surface area contributed by atoms with E-state index < -0.39 is 0 Å². The van der Waals surface area contributed by atoms with E-state index in [1.165, 1.54) is 11.3 Å². The molecule has 2 aliphatic rings. The number of aryl methyl sites for hydroxylation is 1. The number of hydrogen-bond acceptors (Lipinski definition) is 5. The summed E-state index contributed by atoms with van der Waals surface area (Å²) >= 11 is 1.50. The lowest BCUT2D eigenvalue weighted by molar-refractivity contribution is -0.118. The Morgan fingerprint density at radius 1 is 1.47 bits per heavy atom. The minimum atomic E-state index is 0.140. The molecule has 1 unspecified atom stereocenters. The van der Waals surface area contributed by atoms with Crippen molar-refractivity contribution in [1.29, 1.82) is 0 Å². The highest BCUT2D eigenvalue weighted by molar-refractivity contribution is 7.15. The second-order valence-electron chi connectivity index (χ2n) is 5.61. The van der Waals surface area contributed by atoms with Crippen molar-refractivity contribution >= 4 is 22.4 Å². The van der Waals surface area contributed by atoms with Crippen LogP contribution in [0.3, 0.4) is 0 Å². The zero-order valence-corrected chi connectivity index (χ0v) is 12.1. The van der Waals surface area contributed by atoms with Crippen LogP contribution < -0.4 is 10.6 Å². The number of carbonyl (C=O) groups is 1. The first kappa shape index (κ1) is 13.0. The summed E-state index contributed by atoms with van der Waals surface area (Å²) < 4.78 is 0. The zero-order valence-electron chi connectivity index (χ0n) is 11.2. The van der Waals surface area contributed by atoms with E-state index in [0.717, 1.165) is 50.2 Å². The molecule has 0 aromatic carbocycles. The maximum atomic E-state index is 12.2. The molecule has 3 rings (SSSR count). The van der Waals surface area contributed by atoms with Crippen molar-refractivity contribution in [3.63, 3.8) is 0 Å². The molecule has 0 radical (unpaired) electrons. The number of piperidine rings is 1. The molecule has 104 valence electrons. The van der Waals surface area contributed by atoms with Gasteiger partial charge in [-0.25, -0.2) is 0 Å². The SMILES string of the molecule is CCCc1nnc(NC(=O)C2CC23CCNCC3)s1. The highest BCUT2D eigenvalue weighted by Gasteiger charge is 2.57. The molecule has 2 fully saturated rings. The summed E-state index contributed by atoms with van der Waals surface area (Å²) in [7, 11) is 0. The predicted octanol–water partition coefficient (Wildman–Crippen LogP) is 1.82. The topological polar surface area (TPSA) is 66.9 Å². The van der Waals surface area contributed by atoms with E-state index in [1.807, 2.05) is 0 Å². The van der Waals surface area contributed by atoms with Gasteiger partial charge < -0.3 is 10.6 Å². The lowest BCUT2D eigenvalue weighted by Crippen LogP contribution is -2.31. The van der Waals surface area contributed by atoms with Crippen LogP contribution in [-0.2, 0) is 11.2 Å². The average molecular weight is 280 g/mol. The van der Waals surface area contributed by atoms with Crippen LogP contribution >= 0.6 is 11.3 Å². The third-order valence-corrected chi connectivity index (χ3v) is 5.16. The van der Waals surface area contributed by atoms with Crippen LogP contribution in [0.15, 0.2) is 0 Å². The fourth-order valence-electron chi connectivity index (χ4n) is 3.01. The van der Waals surface area contributed by atoms with Crippen molar-refractivity contribution in [3.05, 3.63) is 5.01 Å². The molecule has 19 heavy (non-hydrogen) atoms. The standard InChI is InChI=1S/C13H20N4OS/c1-2-3-10-16-17-12(19-10)15-11(18)9-8-13(9)4-6-14-7-5-13/h9,14H,2-8H2,1H3,(H,15,17,18). The molecular weight excluding hydrogens is 260 g/mol. The van der Waals surface area contributed by atoms with E-state index in [4.69, 9.17) is 0 Å². The van der Waals surface area contributed by atoms with Crippen LogP contribution in [-0.4, -0.2) is 29.2 Å². The minimum Gasteiger partial charge on any atom is -0.317 e. The van der Waals surface area contributed by atoms with Gasteiger partial charge in [0.05, 0.1) is 0 Å². The van der Waals surface area contributed by atoms with Gasteiger partial charge >= 0.3 is 0 Å². The highest BCUT2D eigenvalue weighted by Crippen LogP contribution is 2.58. The van der Waals surface area contributed by atoms with Gasteiger partial charge in [-0.15, -0.1) is 10.2 Å². The Labute approximate surface area is 117 Å². The summed E-state index contributed by atoms with van der Waals surface area (Å²) in [4.78, 5) is 12.2. The second kappa shape index (κ2) is 5.17. The number of nitrogens with one attached hydrogen (secondary N) is 2. The molecule has 1 saturated carbocycles. The molecule has 1 aromatic heterocycles. The maximum Gasteiger partial charge on any atom is 0.229 e. The Hall–Kier alpha value is -1.01. The highest BCUT2D eigenvalue weighted by atomic mass is 32.1. The van der Waals surface area contributed by atoms with E-state index in [0.29, 0.717) is 5.13 Å². The van der Waals surface area contributed by atoms with Gasteiger partial charge in [0.15, 0.2) is 0 Å². The molecule has 1 atom stereocenters.